The molecule has 0 radical (unpaired) electrons. The van der Waals surface area contributed by atoms with E-state index < -0.39 is 7.12 Å². The SMILES string of the molecule is CN(C(=O)OCc1c(-c2ccc(B3OC(C)(C)C(C)(C)O3)cc2)ncn1C)C1CCCC1. The monoisotopic (exact) mass is 439 g/mol. The minimum absolute atomic E-state index is 0.181. The van der Waals surface area contributed by atoms with E-state index in [-0.39, 0.29) is 29.9 Å². The fourth-order valence-electron chi connectivity index (χ4n) is 4.32. The molecule has 1 aliphatic carbocycles. The van der Waals surface area contributed by atoms with Gasteiger partial charge in [-0.2, -0.15) is 0 Å². The van der Waals surface area contributed by atoms with E-state index >= 15 is 0 Å². The van der Waals surface area contributed by atoms with Crippen LogP contribution >= 0.6 is 0 Å². The topological polar surface area (TPSA) is 65.8 Å². The van der Waals surface area contributed by atoms with Crippen LogP contribution in [0.5, 0.6) is 0 Å². The molecule has 1 aromatic carbocycles. The minimum Gasteiger partial charge on any atom is -0.443 e. The number of aromatic nitrogens is 2. The number of imidazole rings is 1. The Morgan fingerprint density at radius 2 is 1.75 bits per heavy atom. The van der Waals surface area contributed by atoms with E-state index in [9.17, 15) is 4.79 Å². The minimum atomic E-state index is -0.399. The average Bonchev–Trinajstić information content (AvgIpc) is 3.45. The van der Waals surface area contributed by atoms with Crippen LogP contribution in [0.15, 0.2) is 30.6 Å². The molecule has 1 saturated heterocycles. The number of benzene rings is 1. The van der Waals surface area contributed by atoms with Crippen molar-refractivity contribution in [2.75, 3.05) is 7.05 Å². The summed E-state index contributed by atoms with van der Waals surface area (Å²) >= 11 is 0. The number of carbonyl (C=O) groups excluding carboxylic acids is 1. The van der Waals surface area contributed by atoms with Crippen molar-refractivity contribution in [3.05, 3.63) is 36.3 Å². The summed E-state index contributed by atoms with van der Waals surface area (Å²) in [6.07, 6.45) is 5.93. The molecule has 8 heteroatoms. The van der Waals surface area contributed by atoms with E-state index in [4.69, 9.17) is 14.0 Å². The first-order valence-corrected chi connectivity index (χ1v) is 11.4. The van der Waals surface area contributed by atoms with Crippen molar-refractivity contribution in [3.63, 3.8) is 0 Å². The summed E-state index contributed by atoms with van der Waals surface area (Å²) in [5.41, 5.74) is 2.85. The molecule has 0 bridgehead atoms. The molecule has 32 heavy (non-hydrogen) atoms. The molecule has 4 rings (SSSR count). The van der Waals surface area contributed by atoms with Gasteiger partial charge >= 0.3 is 13.2 Å². The molecule has 1 saturated carbocycles. The maximum Gasteiger partial charge on any atom is 0.494 e. The van der Waals surface area contributed by atoms with Crippen molar-refractivity contribution in [3.8, 4) is 11.3 Å². The summed E-state index contributed by atoms with van der Waals surface area (Å²) in [5.74, 6) is 0. The highest BCUT2D eigenvalue weighted by Crippen LogP contribution is 2.36. The van der Waals surface area contributed by atoms with Gasteiger partial charge < -0.3 is 23.5 Å². The summed E-state index contributed by atoms with van der Waals surface area (Å²) in [4.78, 5) is 18.8. The molecular formula is C24H34BN3O4. The Labute approximate surface area is 191 Å². The van der Waals surface area contributed by atoms with Crippen LogP contribution in [0.25, 0.3) is 11.3 Å². The lowest BCUT2D eigenvalue weighted by molar-refractivity contribution is 0.00578. The summed E-state index contributed by atoms with van der Waals surface area (Å²) in [6, 6.07) is 8.33. The Morgan fingerprint density at radius 3 is 2.34 bits per heavy atom. The largest absolute Gasteiger partial charge is 0.494 e. The van der Waals surface area contributed by atoms with E-state index in [1.54, 1.807) is 11.2 Å². The van der Waals surface area contributed by atoms with Crippen molar-refractivity contribution in [2.45, 2.75) is 77.2 Å². The zero-order valence-corrected chi connectivity index (χ0v) is 20.1. The Bertz CT molecular complexity index is 948. The molecular weight excluding hydrogens is 405 g/mol. The zero-order valence-electron chi connectivity index (χ0n) is 20.1. The lowest BCUT2D eigenvalue weighted by Crippen LogP contribution is -2.41. The zero-order chi connectivity index (χ0) is 23.1. The molecule has 2 aliphatic rings. The summed E-state index contributed by atoms with van der Waals surface area (Å²) in [7, 11) is 3.35. The number of carbonyl (C=O) groups is 1. The van der Waals surface area contributed by atoms with Crippen LogP contribution in [-0.2, 0) is 27.7 Å². The Balaban J connectivity index is 1.45. The standard InChI is InChI=1S/C24H34BN3O4/c1-23(2)24(3,4)32-25(31-23)18-13-11-17(12-14-18)21-20(27(5)16-26-21)15-30-22(29)28(6)19-9-7-8-10-19/h11-14,16,19H,7-10,15H2,1-6H3. The van der Waals surface area contributed by atoms with Gasteiger partial charge in [0.2, 0.25) is 0 Å². The molecule has 0 N–H and O–H groups in total. The molecule has 1 aliphatic heterocycles. The van der Waals surface area contributed by atoms with Crippen molar-refractivity contribution in [1.29, 1.82) is 0 Å². The Kier molecular flexibility index (Phi) is 6.11. The first-order valence-electron chi connectivity index (χ1n) is 11.4. The van der Waals surface area contributed by atoms with Gasteiger partial charge in [0, 0.05) is 25.7 Å². The van der Waals surface area contributed by atoms with Gasteiger partial charge in [0.25, 0.3) is 0 Å². The summed E-state index contributed by atoms with van der Waals surface area (Å²) < 4.78 is 19.8. The van der Waals surface area contributed by atoms with Crippen molar-refractivity contribution in [1.82, 2.24) is 14.5 Å². The number of aryl methyl sites for hydroxylation is 1. The van der Waals surface area contributed by atoms with Crippen LogP contribution in [0.2, 0.25) is 0 Å². The fraction of sp³-hybridized carbons (Fsp3) is 0.583. The molecule has 172 valence electrons. The average molecular weight is 439 g/mol. The van der Waals surface area contributed by atoms with Gasteiger partial charge in [0.05, 0.1) is 28.9 Å². The normalized spacial score (nSPS) is 20.0. The third-order valence-electron chi connectivity index (χ3n) is 7.26. The third kappa shape index (κ3) is 4.30. The van der Waals surface area contributed by atoms with Crippen LogP contribution < -0.4 is 5.46 Å². The maximum atomic E-state index is 12.5. The van der Waals surface area contributed by atoms with Crippen molar-refractivity contribution >= 4 is 18.7 Å². The van der Waals surface area contributed by atoms with E-state index in [1.165, 1.54) is 12.8 Å². The van der Waals surface area contributed by atoms with Crippen LogP contribution in [-0.4, -0.2) is 52.0 Å². The van der Waals surface area contributed by atoms with Gasteiger partial charge in [-0.3, -0.25) is 0 Å². The highest BCUT2D eigenvalue weighted by Gasteiger charge is 2.51. The van der Waals surface area contributed by atoms with Crippen molar-refractivity contribution < 1.29 is 18.8 Å². The Hall–Kier alpha value is -2.32. The van der Waals surface area contributed by atoms with Crippen LogP contribution in [0.3, 0.4) is 0 Å². The molecule has 1 aromatic heterocycles. The van der Waals surface area contributed by atoms with E-state index in [1.807, 2.05) is 70.6 Å². The quantitative estimate of drug-likeness (QED) is 0.662. The van der Waals surface area contributed by atoms with Crippen LogP contribution in [0.4, 0.5) is 4.79 Å². The number of ether oxygens (including phenoxy) is 1. The van der Waals surface area contributed by atoms with E-state index in [0.29, 0.717) is 0 Å². The maximum absolute atomic E-state index is 12.5. The predicted octanol–water partition coefficient (Wildman–Crippen LogP) is 3.90. The molecule has 1 amide bonds. The van der Waals surface area contributed by atoms with Gasteiger partial charge in [0.1, 0.15) is 6.61 Å². The second-order valence-electron chi connectivity index (χ2n) is 9.96. The van der Waals surface area contributed by atoms with E-state index in [2.05, 4.69) is 4.98 Å². The lowest BCUT2D eigenvalue weighted by atomic mass is 9.78. The summed E-state index contributed by atoms with van der Waals surface area (Å²) in [6.45, 7) is 8.38. The first kappa shape index (κ1) is 22.9. The number of amides is 1. The second kappa shape index (κ2) is 8.56. The lowest BCUT2D eigenvalue weighted by Gasteiger charge is -2.32. The molecule has 0 unspecified atom stereocenters. The van der Waals surface area contributed by atoms with E-state index in [0.717, 1.165) is 35.3 Å². The fourth-order valence-corrected chi connectivity index (χ4v) is 4.32. The predicted molar refractivity (Wildman–Crippen MR) is 125 cm³/mol. The van der Waals surface area contributed by atoms with Gasteiger partial charge in [-0.15, -0.1) is 0 Å². The van der Waals surface area contributed by atoms with Crippen LogP contribution in [0.1, 0.15) is 59.1 Å². The van der Waals surface area contributed by atoms with Gasteiger partial charge in [-0.1, -0.05) is 37.1 Å². The number of nitrogens with zero attached hydrogens (tertiary/aromatic N) is 3. The molecule has 2 heterocycles. The second-order valence-corrected chi connectivity index (χ2v) is 9.96. The smallest absolute Gasteiger partial charge is 0.443 e. The number of rotatable bonds is 5. The van der Waals surface area contributed by atoms with Gasteiger partial charge in [-0.25, -0.2) is 9.78 Å². The highest BCUT2D eigenvalue weighted by molar-refractivity contribution is 6.62. The highest BCUT2D eigenvalue weighted by atomic mass is 16.7. The molecule has 2 aromatic rings. The Morgan fingerprint density at radius 1 is 1.16 bits per heavy atom. The van der Waals surface area contributed by atoms with Gasteiger partial charge in [0.15, 0.2) is 0 Å². The van der Waals surface area contributed by atoms with Gasteiger partial charge in [-0.05, 0) is 46.0 Å². The van der Waals surface area contributed by atoms with Crippen molar-refractivity contribution in [2.24, 2.45) is 7.05 Å². The first-order chi connectivity index (χ1) is 15.1. The molecule has 2 fully saturated rings. The number of hydrogen-bond donors (Lipinski definition) is 0. The molecule has 7 nitrogen and oxygen atoms in total. The summed E-state index contributed by atoms with van der Waals surface area (Å²) in [5, 5.41) is 0. The number of hydrogen-bond acceptors (Lipinski definition) is 5. The molecule has 0 atom stereocenters. The van der Waals surface area contributed by atoms with Crippen LogP contribution in [0, 0.1) is 0 Å². The third-order valence-corrected chi connectivity index (χ3v) is 7.26. The molecule has 0 spiro atoms.